The Balaban J connectivity index is 1.80. The van der Waals surface area contributed by atoms with Crippen molar-refractivity contribution in [1.29, 1.82) is 0 Å². The van der Waals surface area contributed by atoms with E-state index in [4.69, 9.17) is 4.74 Å². The monoisotopic (exact) mass is 327 g/mol. The van der Waals surface area contributed by atoms with Crippen LogP contribution in [0.4, 0.5) is 5.69 Å². The number of nitrogens with zero attached hydrogens (tertiary/aromatic N) is 1. The van der Waals surface area contributed by atoms with Gasteiger partial charge in [0.05, 0.1) is 4.92 Å². The van der Waals surface area contributed by atoms with E-state index in [2.05, 4.69) is 39.0 Å². The summed E-state index contributed by atoms with van der Waals surface area (Å²) in [6.45, 7) is 6.62. The summed E-state index contributed by atoms with van der Waals surface area (Å²) in [6.07, 6.45) is 11.3. The van der Waals surface area contributed by atoms with E-state index in [1.807, 2.05) is 0 Å². The minimum atomic E-state index is -0.388. The predicted molar refractivity (Wildman–Crippen MR) is 95.1 cm³/mol. The topological polar surface area (TPSA) is 52.4 Å². The third-order valence-electron chi connectivity index (χ3n) is 5.53. The predicted octanol–water partition coefficient (Wildman–Crippen LogP) is 5.44. The fourth-order valence-corrected chi connectivity index (χ4v) is 4.16. The van der Waals surface area contributed by atoms with Crippen molar-refractivity contribution in [2.75, 3.05) is 0 Å². The average molecular weight is 327 g/mol. The number of non-ortho nitro benzene ring substituents is 1. The first-order chi connectivity index (χ1) is 11.3. The van der Waals surface area contributed by atoms with E-state index in [1.54, 1.807) is 12.1 Å². The lowest BCUT2D eigenvalue weighted by molar-refractivity contribution is -0.384. The molecule has 0 saturated heterocycles. The number of allylic oxidation sites excluding steroid dienone is 3. The summed E-state index contributed by atoms with van der Waals surface area (Å²) in [4.78, 5) is 10.4. The number of ether oxygens (including phenoxy) is 1. The molecule has 1 aromatic rings. The van der Waals surface area contributed by atoms with Gasteiger partial charge in [-0.1, -0.05) is 30.7 Å². The van der Waals surface area contributed by atoms with Gasteiger partial charge in [-0.25, -0.2) is 0 Å². The van der Waals surface area contributed by atoms with Crippen LogP contribution in [-0.2, 0) is 0 Å². The third-order valence-corrected chi connectivity index (χ3v) is 5.53. The third kappa shape index (κ3) is 3.10. The molecule has 4 heteroatoms. The van der Waals surface area contributed by atoms with Crippen LogP contribution in [0, 0.1) is 21.4 Å². The summed E-state index contributed by atoms with van der Waals surface area (Å²) < 4.78 is 6.27. The van der Waals surface area contributed by atoms with Crippen LogP contribution in [0.3, 0.4) is 0 Å². The SMILES string of the molecule is CC(C)(Oc1ccc([N+](=O)[O-])cc1)[C@H]1CC[C@]2(C)CC=CCC=C12. The van der Waals surface area contributed by atoms with Crippen molar-refractivity contribution in [3.63, 3.8) is 0 Å². The van der Waals surface area contributed by atoms with Gasteiger partial charge in [0.2, 0.25) is 0 Å². The minimum absolute atomic E-state index is 0.0890. The second kappa shape index (κ2) is 6.08. The van der Waals surface area contributed by atoms with E-state index in [-0.39, 0.29) is 21.6 Å². The second-order valence-corrected chi connectivity index (χ2v) is 7.68. The molecule has 0 aromatic heterocycles. The van der Waals surface area contributed by atoms with Gasteiger partial charge in [0.15, 0.2) is 0 Å². The standard InChI is InChI=1S/C20H25NO3/c1-19(2,24-16-10-8-15(9-11-16)21(22)23)17-12-14-20(3)13-6-4-5-7-18(17)20/h4,6-11,17H,5,12-14H2,1-3H3/t17-,20-/m0/s1. The number of nitro groups is 1. The van der Waals surface area contributed by atoms with Gasteiger partial charge in [-0.05, 0) is 57.1 Å². The first-order valence-electron chi connectivity index (χ1n) is 8.61. The Kier molecular flexibility index (Phi) is 4.24. The maximum atomic E-state index is 10.8. The normalized spacial score (nSPS) is 26.5. The minimum Gasteiger partial charge on any atom is -0.487 e. The molecule has 0 spiro atoms. The van der Waals surface area contributed by atoms with Crippen LogP contribution in [-0.4, -0.2) is 10.5 Å². The zero-order valence-corrected chi connectivity index (χ0v) is 14.6. The highest BCUT2D eigenvalue weighted by atomic mass is 16.6. The fourth-order valence-electron chi connectivity index (χ4n) is 4.16. The maximum Gasteiger partial charge on any atom is 0.269 e. The van der Waals surface area contributed by atoms with Crippen molar-refractivity contribution in [3.05, 3.63) is 58.2 Å². The highest BCUT2D eigenvalue weighted by Gasteiger charge is 2.47. The van der Waals surface area contributed by atoms with E-state index in [1.165, 1.54) is 24.1 Å². The smallest absolute Gasteiger partial charge is 0.269 e. The molecule has 0 heterocycles. The molecular formula is C20H25NO3. The Labute approximate surface area is 143 Å². The van der Waals surface area contributed by atoms with E-state index in [9.17, 15) is 10.1 Å². The van der Waals surface area contributed by atoms with Crippen LogP contribution < -0.4 is 4.74 Å². The number of benzene rings is 1. The number of hydrogen-bond acceptors (Lipinski definition) is 3. The van der Waals surface area contributed by atoms with Crippen LogP contribution in [0.15, 0.2) is 48.1 Å². The number of fused-ring (bicyclic) bond motifs is 1. The molecule has 0 amide bonds. The molecule has 1 aromatic carbocycles. The second-order valence-electron chi connectivity index (χ2n) is 7.68. The van der Waals surface area contributed by atoms with E-state index < -0.39 is 0 Å². The van der Waals surface area contributed by atoms with E-state index in [0.717, 1.165) is 19.3 Å². The zero-order valence-electron chi connectivity index (χ0n) is 14.6. The van der Waals surface area contributed by atoms with Crippen LogP contribution in [0.5, 0.6) is 5.75 Å². The molecule has 2 aliphatic carbocycles. The van der Waals surface area contributed by atoms with Crippen molar-refractivity contribution in [2.24, 2.45) is 11.3 Å². The molecule has 4 nitrogen and oxygen atoms in total. The summed E-state index contributed by atoms with van der Waals surface area (Å²) in [5.41, 5.74) is 1.50. The molecule has 0 N–H and O–H groups in total. The number of hydrogen-bond donors (Lipinski definition) is 0. The Morgan fingerprint density at radius 3 is 2.62 bits per heavy atom. The molecule has 24 heavy (non-hydrogen) atoms. The first-order valence-corrected chi connectivity index (χ1v) is 8.61. The molecule has 2 aliphatic rings. The number of rotatable bonds is 4. The quantitative estimate of drug-likeness (QED) is 0.420. The van der Waals surface area contributed by atoms with Crippen molar-refractivity contribution >= 4 is 5.69 Å². The molecule has 0 aliphatic heterocycles. The molecule has 3 rings (SSSR count). The Morgan fingerprint density at radius 2 is 1.96 bits per heavy atom. The summed E-state index contributed by atoms with van der Waals surface area (Å²) >= 11 is 0. The van der Waals surface area contributed by atoms with Gasteiger partial charge in [0, 0.05) is 18.1 Å². The summed E-state index contributed by atoms with van der Waals surface area (Å²) in [5, 5.41) is 10.8. The Hall–Kier alpha value is -2.10. The molecule has 1 saturated carbocycles. The van der Waals surface area contributed by atoms with Gasteiger partial charge in [0.1, 0.15) is 11.4 Å². The molecule has 0 radical (unpaired) electrons. The lowest BCUT2D eigenvalue weighted by atomic mass is 9.76. The van der Waals surface area contributed by atoms with Crippen LogP contribution in [0.2, 0.25) is 0 Å². The molecule has 0 unspecified atom stereocenters. The van der Waals surface area contributed by atoms with Crippen molar-refractivity contribution in [2.45, 2.75) is 52.1 Å². The molecule has 128 valence electrons. The van der Waals surface area contributed by atoms with Crippen molar-refractivity contribution in [3.8, 4) is 5.75 Å². The van der Waals surface area contributed by atoms with E-state index >= 15 is 0 Å². The lowest BCUT2D eigenvalue weighted by Gasteiger charge is -2.36. The Bertz CT molecular complexity index is 687. The van der Waals surface area contributed by atoms with E-state index in [0.29, 0.717) is 11.7 Å². The first kappa shape index (κ1) is 16.7. The maximum absolute atomic E-state index is 10.8. The number of nitro benzene ring substituents is 1. The fraction of sp³-hybridized carbons (Fsp3) is 0.500. The average Bonchev–Trinajstić information content (AvgIpc) is 2.74. The largest absolute Gasteiger partial charge is 0.487 e. The van der Waals surface area contributed by atoms with Gasteiger partial charge in [-0.2, -0.15) is 0 Å². The lowest BCUT2D eigenvalue weighted by Crippen LogP contribution is -2.38. The van der Waals surface area contributed by atoms with Crippen LogP contribution >= 0.6 is 0 Å². The van der Waals surface area contributed by atoms with Crippen molar-refractivity contribution in [1.82, 2.24) is 0 Å². The van der Waals surface area contributed by atoms with Gasteiger partial charge in [0.25, 0.3) is 5.69 Å². The highest BCUT2D eigenvalue weighted by Crippen LogP contribution is 2.54. The zero-order chi connectivity index (χ0) is 17.4. The molecule has 0 bridgehead atoms. The van der Waals surface area contributed by atoms with Crippen LogP contribution in [0.1, 0.15) is 46.5 Å². The van der Waals surface area contributed by atoms with Gasteiger partial charge in [-0.15, -0.1) is 0 Å². The Morgan fingerprint density at radius 1 is 1.25 bits per heavy atom. The van der Waals surface area contributed by atoms with Gasteiger partial charge >= 0.3 is 0 Å². The van der Waals surface area contributed by atoms with Gasteiger partial charge < -0.3 is 4.74 Å². The molecule has 2 atom stereocenters. The molecular weight excluding hydrogens is 302 g/mol. The summed E-state index contributed by atoms with van der Waals surface area (Å²) in [6, 6.07) is 6.38. The highest BCUT2D eigenvalue weighted by molar-refractivity contribution is 5.37. The van der Waals surface area contributed by atoms with Gasteiger partial charge in [-0.3, -0.25) is 10.1 Å². The molecule has 1 fully saturated rings. The summed E-state index contributed by atoms with van der Waals surface area (Å²) in [5.74, 6) is 1.06. The van der Waals surface area contributed by atoms with Crippen molar-refractivity contribution < 1.29 is 9.66 Å². The van der Waals surface area contributed by atoms with Crippen LogP contribution in [0.25, 0.3) is 0 Å². The summed E-state index contributed by atoms with van der Waals surface area (Å²) in [7, 11) is 0.